The lowest BCUT2D eigenvalue weighted by molar-refractivity contribution is 0.0701. The van der Waals surface area contributed by atoms with E-state index in [0.717, 1.165) is 24.1 Å². The topological polar surface area (TPSA) is 36.1 Å². The average Bonchev–Trinajstić information content (AvgIpc) is 3.06. The zero-order valence-electron chi connectivity index (χ0n) is 13.3. The molecule has 0 bridgehead atoms. The van der Waals surface area contributed by atoms with Gasteiger partial charge in [-0.15, -0.1) is 0 Å². The van der Waals surface area contributed by atoms with Crippen LogP contribution in [-0.2, 0) is 0 Å². The number of carbonyl (C=O) groups is 1. The average molecular weight is 322 g/mol. The molecule has 1 aliphatic rings. The van der Waals surface area contributed by atoms with Crippen molar-refractivity contribution < 1.29 is 9.18 Å². The summed E-state index contributed by atoms with van der Waals surface area (Å²) in [4.78, 5) is 17.9. The number of hydrogen-bond donors (Lipinski definition) is 1. The highest BCUT2D eigenvalue weighted by molar-refractivity contribution is 5.94. The van der Waals surface area contributed by atoms with Crippen LogP contribution in [0.25, 0.3) is 10.9 Å². The summed E-state index contributed by atoms with van der Waals surface area (Å²) in [5, 5.41) is 1.19. The van der Waals surface area contributed by atoms with E-state index in [0.29, 0.717) is 13.1 Å². The van der Waals surface area contributed by atoms with Gasteiger partial charge in [-0.2, -0.15) is 0 Å². The van der Waals surface area contributed by atoms with Gasteiger partial charge in [-0.05, 0) is 42.5 Å². The second-order valence-electron chi connectivity index (χ2n) is 6.38. The van der Waals surface area contributed by atoms with Gasteiger partial charge in [0, 0.05) is 30.2 Å². The third kappa shape index (κ3) is 2.68. The van der Waals surface area contributed by atoms with Crippen LogP contribution in [-0.4, -0.2) is 28.9 Å². The second kappa shape index (κ2) is 6.11. The van der Waals surface area contributed by atoms with Crippen molar-refractivity contribution in [1.82, 2.24) is 9.88 Å². The quantitative estimate of drug-likeness (QED) is 0.749. The Kier molecular flexibility index (Phi) is 3.81. The van der Waals surface area contributed by atoms with E-state index < -0.39 is 5.82 Å². The Morgan fingerprint density at radius 2 is 1.92 bits per heavy atom. The third-order valence-electron chi connectivity index (χ3n) is 4.80. The number of rotatable bonds is 2. The van der Waals surface area contributed by atoms with E-state index in [9.17, 15) is 9.18 Å². The van der Waals surface area contributed by atoms with E-state index in [1.165, 1.54) is 11.5 Å². The molecule has 1 atom stereocenters. The Morgan fingerprint density at radius 3 is 2.75 bits per heavy atom. The summed E-state index contributed by atoms with van der Waals surface area (Å²) < 4.78 is 13.9. The summed E-state index contributed by atoms with van der Waals surface area (Å²) in [6.45, 7) is 1.31. The highest BCUT2D eigenvalue weighted by atomic mass is 19.1. The number of benzene rings is 2. The van der Waals surface area contributed by atoms with Gasteiger partial charge in [0.15, 0.2) is 0 Å². The van der Waals surface area contributed by atoms with Crippen molar-refractivity contribution in [2.24, 2.45) is 0 Å². The summed E-state index contributed by atoms with van der Waals surface area (Å²) in [7, 11) is 0. The first kappa shape index (κ1) is 14.9. The van der Waals surface area contributed by atoms with Crippen LogP contribution in [0.4, 0.5) is 4.39 Å². The van der Waals surface area contributed by atoms with E-state index in [4.69, 9.17) is 0 Å². The Bertz CT molecular complexity index is 853. The Morgan fingerprint density at radius 1 is 1.12 bits per heavy atom. The first-order chi connectivity index (χ1) is 11.7. The van der Waals surface area contributed by atoms with Gasteiger partial charge in [0.2, 0.25) is 0 Å². The molecule has 1 unspecified atom stereocenters. The van der Waals surface area contributed by atoms with Crippen LogP contribution in [0.15, 0.2) is 54.6 Å². The van der Waals surface area contributed by atoms with Crippen molar-refractivity contribution in [3.63, 3.8) is 0 Å². The highest BCUT2D eigenvalue weighted by Gasteiger charge is 2.27. The molecule has 1 aliphatic heterocycles. The Hall–Kier alpha value is -2.62. The van der Waals surface area contributed by atoms with Crippen molar-refractivity contribution >= 4 is 16.8 Å². The normalized spacial score (nSPS) is 18.0. The van der Waals surface area contributed by atoms with Gasteiger partial charge in [-0.25, -0.2) is 4.39 Å². The van der Waals surface area contributed by atoms with Gasteiger partial charge < -0.3 is 9.88 Å². The number of para-hydroxylation sites is 1. The number of hydrogen-bond acceptors (Lipinski definition) is 1. The lowest BCUT2D eigenvalue weighted by Gasteiger charge is -2.32. The minimum absolute atomic E-state index is 0.162. The molecule has 0 spiro atoms. The minimum Gasteiger partial charge on any atom is -0.358 e. The van der Waals surface area contributed by atoms with E-state index in [1.54, 1.807) is 23.1 Å². The first-order valence-electron chi connectivity index (χ1n) is 8.34. The number of H-pyrrole nitrogens is 1. The standard InChI is InChI=1S/C20H19FN2O/c21-17-9-3-2-8-16(17)20(24)23-11-5-7-15(13-23)19-12-14-6-1-4-10-18(14)22-19/h1-4,6,8-10,12,15,22H,5,7,11,13H2. The lowest BCUT2D eigenvalue weighted by atomic mass is 9.94. The summed E-state index contributed by atoms with van der Waals surface area (Å²) in [6, 6.07) is 16.6. The van der Waals surface area contributed by atoms with Crippen LogP contribution < -0.4 is 0 Å². The van der Waals surface area contributed by atoms with Crippen LogP contribution in [0.5, 0.6) is 0 Å². The number of aromatic amines is 1. The largest absolute Gasteiger partial charge is 0.358 e. The van der Waals surface area contributed by atoms with Gasteiger partial charge >= 0.3 is 0 Å². The molecule has 2 heterocycles. The number of fused-ring (bicyclic) bond motifs is 1. The van der Waals surface area contributed by atoms with Gasteiger partial charge in [0.05, 0.1) is 5.56 Å². The molecule has 0 aliphatic carbocycles. The number of carbonyl (C=O) groups excluding carboxylic acids is 1. The molecule has 4 heteroatoms. The SMILES string of the molecule is O=C(c1ccccc1F)N1CCCC(c2cc3ccccc3[nH]2)C1. The predicted molar refractivity (Wildman–Crippen MR) is 92.6 cm³/mol. The van der Waals surface area contributed by atoms with E-state index in [2.05, 4.69) is 23.2 Å². The fourth-order valence-corrected chi connectivity index (χ4v) is 3.54. The van der Waals surface area contributed by atoms with Gasteiger partial charge in [-0.1, -0.05) is 30.3 Å². The number of nitrogens with zero attached hydrogens (tertiary/aromatic N) is 1. The van der Waals surface area contributed by atoms with Crippen molar-refractivity contribution in [3.8, 4) is 0 Å². The number of nitrogens with one attached hydrogen (secondary N) is 1. The van der Waals surface area contributed by atoms with E-state index >= 15 is 0 Å². The molecule has 4 rings (SSSR count). The Balaban J connectivity index is 1.57. The Labute approximate surface area is 140 Å². The molecule has 122 valence electrons. The van der Waals surface area contributed by atoms with Crippen molar-refractivity contribution in [3.05, 3.63) is 71.7 Å². The number of likely N-dealkylation sites (tertiary alicyclic amines) is 1. The molecule has 0 saturated carbocycles. The number of halogens is 1. The summed E-state index contributed by atoms with van der Waals surface area (Å²) in [5.74, 6) is -0.397. The second-order valence-corrected chi connectivity index (χ2v) is 6.38. The molecule has 1 fully saturated rings. The summed E-state index contributed by atoms with van der Waals surface area (Å²) >= 11 is 0. The zero-order chi connectivity index (χ0) is 16.5. The van der Waals surface area contributed by atoms with E-state index in [1.807, 2.05) is 12.1 Å². The maximum Gasteiger partial charge on any atom is 0.256 e. The van der Waals surface area contributed by atoms with Crippen molar-refractivity contribution in [1.29, 1.82) is 0 Å². The van der Waals surface area contributed by atoms with Crippen LogP contribution in [0.3, 0.4) is 0 Å². The molecule has 1 aromatic heterocycles. The molecule has 2 aromatic carbocycles. The van der Waals surface area contributed by atoms with Crippen molar-refractivity contribution in [2.75, 3.05) is 13.1 Å². The lowest BCUT2D eigenvalue weighted by Crippen LogP contribution is -2.39. The maximum atomic E-state index is 13.9. The molecular formula is C20H19FN2O. The maximum absolute atomic E-state index is 13.9. The van der Waals surface area contributed by atoms with Crippen molar-refractivity contribution in [2.45, 2.75) is 18.8 Å². The van der Waals surface area contributed by atoms with Gasteiger partial charge in [0.1, 0.15) is 5.82 Å². The molecule has 24 heavy (non-hydrogen) atoms. The predicted octanol–water partition coefficient (Wildman–Crippen LogP) is 4.33. The first-order valence-corrected chi connectivity index (χ1v) is 8.34. The van der Waals surface area contributed by atoms with Gasteiger partial charge in [0.25, 0.3) is 5.91 Å². The molecular weight excluding hydrogens is 303 g/mol. The minimum atomic E-state index is -0.449. The summed E-state index contributed by atoms with van der Waals surface area (Å²) in [5.41, 5.74) is 2.43. The molecule has 1 amide bonds. The van der Waals surface area contributed by atoms with Gasteiger partial charge in [-0.3, -0.25) is 4.79 Å². The smallest absolute Gasteiger partial charge is 0.256 e. The monoisotopic (exact) mass is 322 g/mol. The van der Waals surface area contributed by atoms with Crippen LogP contribution in [0.2, 0.25) is 0 Å². The fourth-order valence-electron chi connectivity index (χ4n) is 3.54. The molecule has 0 radical (unpaired) electrons. The molecule has 1 saturated heterocycles. The number of piperidine rings is 1. The molecule has 3 nitrogen and oxygen atoms in total. The van der Waals surface area contributed by atoms with Crippen LogP contribution in [0, 0.1) is 5.82 Å². The fraction of sp³-hybridized carbons (Fsp3) is 0.250. The zero-order valence-corrected chi connectivity index (χ0v) is 13.3. The van der Waals surface area contributed by atoms with E-state index in [-0.39, 0.29) is 17.4 Å². The molecule has 3 aromatic rings. The number of aromatic nitrogens is 1. The number of amides is 1. The summed E-state index contributed by atoms with van der Waals surface area (Å²) in [6.07, 6.45) is 1.97. The molecule has 1 N–H and O–H groups in total. The van der Waals surface area contributed by atoms with Crippen LogP contribution in [0.1, 0.15) is 34.8 Å². The third-order valence-corrected chi connectivity index (χ3v) is 4.80. The highest BCUT2D eigenvalue weighted by Crippen LogP contribution is 2.29. The van der Waals surface area contributed by atoms with Crippen LogP contribution >= 0.6 is 0 Å².